The lowest BCUT2D eigenvalue weighted by molar-refractivity contribution is -0.140. The van der Waals surface area contributed by atoms with Crippen molar-refractivity contribution in [2.24, 2.45) is 0 Å². The number of aryl methyl sites for hydroxylation is 1. The van der Waals surface area contributed by atoms with Crippen LogP contribution in [0.15, 0.2) is 48.5 Å². The van der Waals surface area contributed by atoms with Crippen molar-refractivity contribution in [1.29, 1.82) is 0 Å². The van der Waals surface area contributed by atoms with Crippen molar-refractivity contribution < 1.29 is 9.59 Å². The molecule has 0 radical (unpaired) electrons. The van der Waals surface area contributed by atoms with Crippen LogP contribution in [-0.4, -0.2) is 29.3 Å². The summed E-state index contributed by atoms with van der Waals surface area (Å²) in [6.45, 7) is 6.73. The van der Waals surface area contributed by atoms with Gasteiger partial charge in [0.15, 0.2) is 0 Å². The van der Waals surface area contributed by atoms with E-state index in [0.29, 0.717) is 18.1 Å². The maximum atomic E-state index is 13.1. The van der Waals surface area contributed by atoms with Crippen LogP contribution in [0.4, 0.5) is 0 Å². The van der Waals surface area contributed by atoms with Crippen LogP contribution in [0, 0.1) is 6.92 Å². The van der Waals surface area contributed by atoms with Crippen molar-refractivity contribution in [2.45, 2.75) is 46.2 Å². The Kier molecular flexibility index (Phi) is 7.86. The Hall–Kier alpha value is -2.33. The SMILES string of the molecule is CCCNC(=O)C(C)N(Cc1ccc(Cl)cc1)C(=O)Cc1ccccc1C. The van der Waals surface area contributed by atoms with Crippen molar-refractivity contribution in [3.8, 4) is 0 Å². The molecule has 5 heteroatoms. The molecule has 0 aromatic heterocycles. The van der Waals surface area contributed by atoms with Gasteiger partial charge in [0.1, 0.15) is 6.04 Å². The molecule has 2 aromatic rings. The van der Waals surface area contributed by atoms with Crippen LogP contribution in [0.1, 0.15) is 37.0 Å². The van der Waals surface area contributed by atoms with E-state index in [0.717, 1.165) is 23.1 Å². The van der Waals surface area contributed by atoms with Crippen LogP contribution >= 0.6 is 11.6 Å². The van der Waals surface area contributed by atoms with Crippen molar-refractivity contribution in [3.05, 3.63) is 70.2 Å². The first-order valence-corrected chi connectivity index (χ1v) is 9.66. The zero-order valence-electron chi connectivity index (χ0n) is 16.2. The van der Waals surface area contributed by atoms with Crippen molar-refractivity contribution in [2.75, 3.05) is 6.54 Å². The van der Waals surface area contributed by atoms with Gasteiger partial charge in [0, 0.05) is 18.1 Å². The molecule has 0 bridgehead atoms. The Bertz CT molecular complexity index is 774. The molecular formula is C22H27ClN2O2. The predicted molar refractivity (Wildman–Crippen MR) is 110 cm³/mol. The molecule has 0 aliphatic rings. The molecule has 0 aliphatic heterocycles. The molecule has 0 saturated heterocycles. The van der Waals surface area contributed by atoms with Gasteiger partial charge in [-0.15, -0.1) is 0 Å². The number of amides is 2. The highest BCUT2D eigenvalue weighted by atomic mass is 35.5. The lowest BCUT2D eigenvalue weighted by atomic mass is 10.0. The van der Waals surface area contributed by atoms with Gasteiger partial charge in [-0.2, -0.15) is 0 Å². The Balaban J connectivity index is 2.21. The molecule has 1 atom stereocenters. The third-order valence-corrected chi connectivity index (χ3v) is 4.84. The van der Waals surface area contributed by atoms with Gasteiger partial charge in [0.2, 0.25) is 11.8 Å². The van der Waals surface area contributed by atoms with Crippen molar-refractivity contribution in [3.63, 3.8) is 0 Å². The van der Waals surface area contributed by atoms with Crippen LogP contribution in [0.2, 0.25) is 5.02 Å². The summed E-state index contributed by atoms with van der Waals surface area (Å²) in [6.07, 6.45) is 1.12. The minimum atomic E-state index is -0.552. The summed E-state index contributed by atoms with van der Waals surface area (Å²) in [7, 11) is 0. The van der Waals surface area contributed by atoms with Crippen molar-refractivity contribution in [1.82, 2.24) is 10.2 Å². The second kappa shape index (κ2) is 10.1. The summed E-state index contributed by atoms with van der Waals surface area (Å²) in [5.41, 5.74) is 2.98. The van der Waals surface area contributed by atoms with E-state index in [2.05, 4.69) is 5.32 Å². The largest absolute Gasteiger partial charge is 0.354 e. The van der Waals surface area contributed by atoms with Gasteiger partial charge in [-0.1, -0.05) is 54.9 Å². The van der Waals surface area contributed by atoms with Crippen LogP contribution in [-0.2, 0) is 22.6 Å². The van der Waals surface area contributed by atoms with E-state index in [-0.39, 0.29) is 18.2 Å². The van der Waals surface area contributed by atoms with E-state index in [9.17, 15) is 9.59 Å². The summed E-state index contributed by atoms with van der Waals surface area (Å²) < 4.78 is 0. The minimum Gasteiger partial charge on any atom is -0.354 e. The molecule has 4 nitrogen and oxygen atoms in total. The average Bonchev–Trinajstić information content (AvgIpc) is 2.66. The molecule has 1 unspecified atom stereocenters. The van der Waals surface area contributed by atoms with E-state index in [1.807, 2.05) is 50.2 Å². The number of hydrogen-bond acceptors (Lipinski definition) is 2. The van der Waals surface area contributed by atoms with Gasteiger partial charge in [0.25, 0.3) is 0 Å². The van der Waals surface area contributed by atoms with E-state index >= 15 is 0 Å². The van der Waals surface area contributed by atoms with E-state index < -0.39 is 6.04 Å². The number of halogens is 1. The van der Waals surface area contributed by atoms with Crippen LogP contribution < -0.4 is 5.32 Å². The third kappa shape index (κ3) is 6.10. The summed E-state index contributed by atoms with van der Waals surface area (Å²) in [6, 6.07) is 14.6. The van der Waals surface area contributed by atoms with Gasteiger partial charge in [-0.25, -0.2) is 0 Å². The first-order chi connectivity index (χ1) is 12.9. The van der Waals surface area contributed by atoms with Crippen LogP contribution in [0.5, 0.6) is 0 Å². The number of rotatable bonds is 8. The topological polar surface area (TPSA) is 49.4 Å². The maximum absolute atomic E-state index is 13.1. The molecule has 2 amide bonds. The first kappa shape index (κ1) is 21.0. The van der Waals surface area contributed by atoms with Crippen LogP contribution in [0.25, 0.3) is 0 Å². The zero-order valence-corrected chi connectivity index (χ0v) is 16.9. The Labute approximate surface area is 166 Å². The zero-order chi connectivity index (χ0) is 19.8. The smallest absolute Gasteiger partial charge is 0.242 e. The first-order valence-electron chi connectivity index (χ1n) is 9.28. The second-order valence-electron chi connectivity index (χ2n) is 6.72. The third-order valence-electron chi connectivity index (χ3n) is 4.59. The number of hydrogen-bond donors (Lipinski definition) is 1. The molecule has 0 spiro atoms. The average molecular weight is 387 g/mol. The fourth-order valence-corrected chi connectivity index (χ4v) is 2.96. The van der Waals surface area contributed by atoms with Gasteiger partial charge < -0.3 is 10.2 Å². The summed E-state index contributed by atoms with van der Waals surface area (Å²) in [4.78, 5) is 27.2. The minimum absolute atomic E-state index is 0.0709. The highest BCUT2D eigenvalue weighted by Gasteiger charge is 2.26. The number of nitrogens with one attached hydrogen (secondary N) is 1. The lowest BCUT2D eigenvalue weighted by Crippen LogP contribution is -2.48. The maximum Gasteiger partial charge on any atom is 0.242 e. The molecule has 0 saturated carbocycles. The molecule has 2 rings (SSSR count). The van der Waals surface area contributed by atoms with Crippen LogP contribution in [0.3, 0.4) is 0 Å². The molecular weight excluding hydrogens is 360 g/mol. The summed E-state index contributed by atoms with van der Waals surface area (Å²) in [5, 5.41) is 3.53. The molecule has 27 heavy (non-hydrogen) atoms. The number of nitrogens with zero attached hydrogens (tertiary/aromatic N) is 1. The highest BCUT2D eigenvalue weighted by Crippen LogP contribution is 2.16. The normalized spacial score (nSPS) is 11.7. The fourth-order valence-electron chi connectivity index (χ4n) is 2.84. The molecule has 0 aliphatic carbocycles. The van der Waals surface area contributed by atoms with Crippen molar-refractivity contribution >= 4 is 23.4 Å². The predicted octanol–water partition coefficient (Wildman–Crippen LogP) is 4.13. The molecule has 0 heterocycles. The molecule has 0 fully saturated rings. The summed E-state index contributed by atoms with van der Waals surface area (Å²) in [5.74, 6) is -0.206. The van der Waals surface area contributed by atoms with E-state index in [4.69, 9.17) is 11.6 Å². The van der Waals surface area contributed by atoms with Gasteiger partial charge in [-0.05, 0) is 49.1 Å². The molecule has 2 aromatic carbocycles. The number of carbonyl (C=O) groups is 2. The number of benzene rings is 2. The second-order valence-corrected chi connectivity index (χ2v) is 7.15. The lowest BCUT2D eigenvalue weighted by Gasteiger charge is -2.29. The fraction of sp³-hybridized carbons (Fsp3) is 0.364. The Morgan fingerprint density at radius 2 is 1.78 bits per heavy atom. The standard InChI is InChI=1S/C22H27ClN2O2/c1-4-13-24-22(27)17(3)25(15-18-9-11-20(23)12-10-18)21(26)14-19-8-6-5-7-16(19)2/h5-12,17H,4,13-15H2,1-3H3,(H,24,27). The molecule has 1 N–H and O–H groups in total. The van der Waals surface area contributed by atoms with Gasteiger partial charge >= 0.3 is 0 Å². The van der Waals surface area contributed by atoms with E-state index in [1.165, 1.54) is 0 Å². The Morgan fingerprint density at radius 1 is 1.11 bits per heavy atom. The highest BCUT2D eigenvalue weighted by molar-refractivity contribution is 6.30. The summed E-state index contributed by atoms with van der Waals surface area (Å²) >= 11 is 5.96. The van der Waals surface area contributed by atoms with E-state index in [1.54, 1.807) is 24.0 Å². The quantitative estimate of drug-likeness (QED) is 0.741. The number of carbonyl (C=O) groups excluding carboxylic acids is 2. The Morgan fingerprint density at radius 3 is 2.41 bits per heavy atom. The monoisotopic (exact) mass is 386 g/mol. The van der Waals surface area contributed by atoms with Gasteiger partial charge in [0.05, 0.1) is 6.42 Å². The molecule has 144 valence electrons. The van der Waals surface area contributed by atoms with Gasteiger partial charge in [-0.3, -0.25) is 9.59 Å².